The molecule has 1 aromatic rings. The standard InChI is InChI=1S/C11H18BrN3/c1-5-8(3)15(4)11-7-9(12)13-10(6-2)14-11/h7-8H,5-6H2,1-4H3. The topological polar surface area (TPSA) is 29.0 Å². The summed E-state index contributed by atoms with van der Waals surface area (Å²) in [7, 11) is 2.07. The lowest BCUT2D eigenvalue weighted by molar-refractivity contribution is 0.653. The zero-order valence-electron chi connectivity index (χ0n) is 9.79. The van der Waals surface area contributed by atoms with Crippen LogP contribution in [0.2, 0.25) is 0 Å². The van der Waals surface area contributed by atoms with Crippen molar-refractivity contribution in [3.63, 3.8) is 0 Å². The predicted octanol–water partition coefficient (Wildman–Crippen LogP) is 3.04. The summed E-state index contributed by atoms with van der Waals surface area (Å²) in [6.07, 6.45) is 1.97. The molecule has 0 radical (unpaired) electrons. The zero-order chi connectivity index (χ0) is 11.4. The van der Waals surface area contributed by atoms with Gasteiger partial charge < -0.3 is 4.90 Å². The van der Waals surface area contributed by atoms with Gasteiger partial charge in [0.2, 0.25) is 0 Å². The van der Waals surface area contributed by atoms with Crippen LogP contribution in [0, 0.1) is 0 Å². The molecule has 0 fully saturated rings. The summed E-state index contributed by atoms with van der Waals surface area (Å²) in [5.74, 6) is 1.87. The maximum Gasteiger partial charge on any atom is 0.133 e. The van der Waals surface area contributed by atoms with Crippen LogP contribution in [0.5, 0.6) is 0 Å². The second-order valence-corrected chi connectivity index (χ2v) is 4.50. The molecule has 1 atom stereocenters. The van der Waals surface area contributed by atoms with E-state index >= 15 is 0 Å². The van der Waals surface area contributed by atoms with E-state index in [0.717, 1.165) is 29.1 Å². The SMILES string of the molecule is CCc1nc(Br)cc(N(C)C(C)CC)n1. The number of rotatable bonds is 4. The van der Waals surface area contributed by atoms with Gasteiger partial charge in [0.25, 0.3) is 0 Å². The number of aromatic nitrogens is 2. The molecule has 1 unspecified atom stereocenters. The van der Waals surface area contributed by atoms with Gasteiger partial charge in [0.15, 0.2) is 0 Å². The average Bonchev–Trinajstić information content (AvgIpc) is 2.26. The van der Waals surface area contributed by atoms with E-state index in [0.29, 0.717) is 6.04 Å². The van der Waals surface area contributed by atoms with E-state index in [9.17, 15) is 0 Å². The van der Waals surface area contributed by atoms with Crippen molar-refractivity contribution in [1.82, 2.24) is 9.97 Å². The highest BCUT2D eigenvalue weighted by atomic mass is 79.9. The summed E-state index contributed by atoms with van der Waals surface area (Å²) < 4.78 is 0.861. The van der Waals surface area contributed by atoms with Gasteiger partial charge >= 0.3 is 0 Å². The van der Waals surface area contributed by atoms with Crippen molar-refractivity contribution < 1.29 is 0 Å². The Morgan fingerprint density at radius 1 is 1.40 bits per heavy atom. The minimum Gasteiger partial charge on any atom is -0.357 e. The Kier molecular flexibility index (Phi) is 4.51. The van der Waals surface area contributed by atoms with Gasteiger partial charge in [0, 0.05) is 25.6 Å². The van der Waals surface area contributed by atoms with Gasteiger partial charge in [-0.3, -0.25) is 0 Å². The van der Waals surface area contributed by atoms with Crippen LogP contribution in [0.15, 0.2) is 10.7 Å². The van der Waals surface area contributed by atoms with Crippen molar-refractivity contribution in [2.45, 2.75) is 39.7 Å². The molecular weight excluding hydrogens is 254 g/mol. The van der Waals surface area contributed by atoms with Gasteiger partial charge in [-0.25, -0.2) is 9.97 Å². The molecule has 0 bridgehead atoms. The minimum atomic E-state index is 0.497. The van der Waals surface area contributed by atoms with Crippen molar-refractivity contribution in [3.8, 4) is 0 Å². The first-order valence-corrected chi connectivity index (χ1v) is 6.14. The highest BCUT2D eigenvalue weighted by Gasteiger charge is 2.11. The van der Waals surface area contributed by atoms with Crippen molar-refractivity contribution in [2.75, 3.05) is 11.9 Å². The number of anilines is 1. The van der Waals surface area contributed by atoms with E-state index in [2.05, 4.69) is 58.6 Å². The maximum atomic E-state index is 4.51. The van der Waals surface area contributed by atoms with Gasteiger partial charge in [-0.1, -0.05) is 13.8 Å². The lowest BCUT2D eigenvalue weighted by Gasteiger charge is -2.25. The quantitative estimate of drug-likeness (QED) is 0.789. The minimum absolute atomic E-state index is 0.497. The Bertz CT molecular complexity index is 328. The smallest absolute Gasteiger partial charge is 0.133 e. The summed E-state index contributed by atoms with van der Waals surface area (Å²) in [6, 6.07) is 2.46. The Morgan fingerprint density at radius 2 is 2.07 bits per heavy atom. The summed E-state index contributed by atoms with van der Waals surface area (Å²) >= 11 is 3.42. The van der Waals surface area contributed by atoms with E-state index in [-0.39, 0.29) is 0 Å². The fourth-order valence-electron chi connectivity index (χ4n) is 1.29. The number of hydrogen-bond acceptors (Lipinski definition) is 3. The van der Waals surface area contributed by atoms with Crippen LogP contribution >= 0.6 is 15.9 Å². The van der Waals surface area contributed by atoms with Crippen LogP contribution in [0.3, 0.4) is 0 Å². The lowest BCUT2D eigenvalue weighted by Crippen LogP contribution is -2.29. The Morgan fingerprint density at radius 3 is 2.60 bits per heavy atom. The van der Waals surface area contributed by atoms with Crippen molar-refractivity contribution in [2.24, 2.45) is 0 Å². The molecule has 0 aliphatic heterocycles. The van der Waals surface area contributed by atoms with E-state index < -0.39 is 0 Å². The number of halogens is 1. The van der Waals surface area contributed by atoms with Crippen molar-refractivity contribution >= 4 is 21.7 Å². The molecule has 0 N–H and O–H groups in total. The molecule has 0 saturated heterocycles. The molecule has 1 aromatic heterocycles. The molecule has 0 aliphatic carbocycles. The molecule has 0 saturated carbocycles. The first kappa shape index (κ1) is 12.4. The maximum absolute atomic E-state index is 4.51. The summed E-state index contributed by atoms with van der Waals surface area (Å²) in [5.41, 5.74) is 0. The average molecular weight is 272 g/mol. The van der Waals surface area contributed by atoms with Crippen molar-refractivity contribution in [3.05, 3.63) is 16.5 Å². The second-order valence-electron chi connectivity index (χ2n) is 3.69. The Labute approximate surface area is 100 Å². The molecule has 0 amide bonds. The lowest BCUT2D eigenvalue weighted by atomic mass is 10.2. The van der Waals surface area contributed by atoms with Gasteiger partial charge in [0.1, 0.15) is 16.2 Å². The highest BCUT2D eigenvalue weighted by molar-refractivity contribution is 9.10. The van der Waals surface area contributed by atoms with E-state index in [1.54, 1.807) is 0 Å². The van der Waals surface area contributed by atoms with Gasteiger partial charge in [-0.2, -0.15) is 0 Å². The molecule has 4 heteroatoms. The molecule has 0 aliphatic rings. The van der Waals surface area contributed by atoms with Gasteiger partial charge in [-0.05, 0) is 29.3 Å². The number of nitrogens with zero attached hydrogens (tertiary/aromatic N) is 3. The van der Waals surface area contributed by atoms with Gasteiger partial charge in [-0.15, -0.1) is 0 Å². The highest BCUT2D eigenvalue weighted by Crippen LogP contribution is 2.18. The Hall–Kier alpha value is -0.640. The van der Waals surface area contributed by atoms with E-state index in [4.69, 9.17) is 0 Å². The van der Waals surface area contributed by atoms with Crippen LogP contribution in [0.25, 0.3) is 0 Å². The molecule has 3 nitrogen and oxygen atoms in total. The zero-order valence-corrected chi connectivity index (χ0v) is 11.4. The predicted molar refractivity (Wildman–Crippen MR) is 67.3 cm³/mol. The van der Waals surface area contributed by atoms with Gasteiger partial charge in [0.05, 0.1) is 0 Å². The van der Waals surface area contributed by atoms with Crippen LogP contribution in [0.1, 0.15) is 33.0 Å². The summed E-state index contributed by atoms with van der Waals surface area (Å²) in [6.45, 7) is 6.44. The van der Waals surface area contributed by atoms with E-state index in [1.165, 1.54) is 0 Å². The third kappa shape index (κ3) is 3.16. The first-order chi connectivity index (χ1) is 7.08. The first-order valence-electron chi connectivity index (χ1n) is 5.34. The van der Waals surface area contributed by atoms with Crippen molar-refractivity contribution in [1.29, 1.82) is 0 Å². The second kappa shape index (κ2) is 5.45. The third-order valence-electron chi connectivity index (χ3n) is 2.66. The summed E-state index contributed by atoms with van der Waals surface area (Å²) in [4.78, 5) is 11.0. The molecular formula is C11H18BrN3. The largest absolute Gasteiger partial charge is 0.357 e. The third-order valence-corrected chi connectivity index (χ3v) is 3.06. The van der Waals surface area contributed by atoms with Crippen LogP contribution in [-0.4, -0.2) is 23.1 Å². The fraction of sp³-hybridized carbons (Fsp3) is 0.636. The van der Waals surface area contributed by atoms with Crippen LogP contribution in [0.4, 0.5) is 5.82 Å². The molecule has 15 heavy (non-hydrogen) atoms. The fourth-order valence-corrected chi connectivity index (χ4v) is 1.70. The summed E-state index contributed by atoms with van der Waals surface area (Å²) in [5, 5.41) is 0. The molecule has 84 valence electrons. The monoisotopic (exact) mass is 271 g/mol. The van der Waals surface area contributed by atoms with Crippen LogP contribution in [-0.2, 0) is 6.42 Å². The Balaban J connectivity index is 2.97. The number of aryl methyl sites for hydroxylation is 1. The van der Waals surface area contributed by atoms with E-state index in [1.807, 2.05) is 6.07 Å². The number of hydrogen-bond donors (Lipinski definition) is 0. The van der Waals surface area contributed by atoms with Crippen LogP contribution < -0.4 is 4.90 Å². The normalized spacial score (nSPS) is 12.6. The molecule has 1 heterocycles. The molecule has 0 aromatic carbocycles. The molecule has 1 rings (SSSR count). The molecule has 0 spiro atoms.